The Bertz CT molecular complexity index is 1220. The molecule has 1 amide bonds. The summed E-state index contributed by atoms with van der Waals surface area (Å²) >= 11 is 0. The Labute approximate surface area is 186 Å². The highest BCUT2D eigenvalue weighted by Crippen LogP contribution is 2.27. The summed E-state index contributed by atoms with van der Waals surface area (Å²) in [5, 5.41) is 1.06. The van der Waals surface area contributed by atoms with E-state index in [1.165, 1.54) is 0 Å². The predicted octanol–water partition coefficient (Wildman–Crippen LogP) is 5.11. The van der Waals surface area contributed by atoms with Gasteiger partial charge < -0.3 is 14.4 Å². The fourth-order valence-electron chi connectivity index (χ4n) is 3.93. The van der Waals surface area contributed by atoms with Gasteiger partial charge in [0.05, 0.1) is 0 Å². The Kier molecular flexibility index (Phi) is 5.66. The molecule has 0 spiro atoms. The van der Waals surface area contributed by atoms with Crippen molar-refractivity contribution in [3.63, 3.8) is 0 Å². The van der Waals surface area contributed by atoms with Crippen molar-refractivity contribution in [3.8, 4) is 17.4 Å². The fourth-order valence-corrected chi connectivity index (χ4v) is 3.93. The standard InChI is InChI=1S/C26H23N3O3/c30-26(20-7-3-9-22(18-20)32-24-11-1-2-14-27-24)29-16-12-21(13-17-29)31-23-10-4-6-19-8-5-15-28-25(19)23/h1-11,14-15,18,21H,12-13,16-17H2. The van der Waals surface area contributed by atoms with Crippen molar-refractivity contribution in [1.29, 1.82) is 0 Å². The summed E-state index contributed by atoms with van der Waals surface area (Å²) in [5.74, 6) is 1.89. The maximum absolute atomic E-state index is 13.0. The number of nitrogens with zero attached hydrogens (tertiary/aromatic N) is 3. The van der Waals surface area contributed by atoms with Crippen LogP contribution in [0, 0.1) is 0 Å². The van der Waals surface area contributed by atoms with Crippen molar-refractivity contribution in [2.24, 2.45) is 0 Å². The Balaban J connectivity index is 1.22. The van der Waals surface area contributed by atoms with Gasteiger partial charge in [-0.15, -0.1) is 0 Å². The van der Waals surface area contributed by atoms with Gasteiger partial charge in [0.2, 0.25) is 5.88 Å². The first-order chi connectivity index (χ1) is 15.8. The molecule has 2 aromatic heterocycles. The quantitative estimate of drug-likeness (QED) is 0.445. The predicted molar refractivity (Wildman–Crippen MR) is 122 cm³/mol. The van der Waals surface area contributed by atoms with E-state index in [1.807, 2.05) is 65.6 Å². The van der Waals surface area contributed by atoms with Gasteiger partial charge in [-0.3, -0.25) is 9.78 Å². The van der Waals surface area contributed by atoms with Crippen LogP contribution in [0.3, 0.4) is 0 Å². The van der Waals surface area contributed by atoms with Crippen molar-refractivity contribution in [2.45, 2.75) is 18.9 Å². The third kappa shape index (κ3) is 4.39. The second-order valence-electron chi connectivity index (χ2n) is 7.74. The maximum atomic E-state index is 13.0. The molecule has 32 heavy (non-hydrogen) atoms. The van der Waals surface area contributed by atoms with Gasteiger partial charge in [0, 0.05) is 55.3 Å². The number of amides is 1. The van der Waals surface area contributed by atoms with Gasteiger partial charge >= 0.3 is 0 Å². The molecule has 0 saturated carbocycles. The van der Waals surface area contributed by atoms with Crippen LogP contribution in [-0.2, 0) is 0 Å². The van der Waals surface area contributed by atoms with Crippen molar-refractivity contribution in [3.05, 3.63) is 90.8 Å². The van der Waals surface area contributed by atoms with Crippen molar-refractivity contribution < 1.29 is 14.3 Å². The van der Waals surface area contributed by atoms with E-state index in [0.717, 1.165) is 29.5 Å². The van der Waals surface area contributed by atoms with Crippen LogP contribution in [0.2, 0.25) is 0 Å². The minimum Gasteiger partial charge on any atom is -0.488 e. The Morgan fingerprint density at radius 2 is 1.69 bits per heavy atom. The molecule has 6 heteroatoms. The number of rotatable bonds is 5. The number of ether oxygens (including phenoxy) is 2. The third-order valence-electron chi connectivity index (χ3n) is 5.56. The first kappa shape index (κ1) is 20.0. The van der Waals surface area contributed by atoms with Crippen LogP contribution in [0.25, 0.3) is 10.9 Å². The van der Waals surface area contributed by atoms with Gasteiger partial charge in [-0.2, -0.15) is 0 Å². The molecule has 1 fully saturated rings. The second-order valence-corrected chi connectivity index (χ2v) is 7.74. The van der Waals surface area contributed by atoms with Crippen LogP contribution >= 0.6 is 0 Å². The normalized spacial score (nSPS) is 14.3. The van der Waals surface area contributed by atoms with E-state index >= 15 is 0 Å². The molecule has 4 aromatic rings. The smallest absolute Gasteiger partial charge is 0.253 e. The van der Waals surface area contributed by atoms with E-state index < -0.39 is 0 Å². The molecule has 5 rings (SSSR count). The SMILES string of the molecule is O=C(c1cccc(Oc2ccccn2)c1)N1CCC(Oc2cccc3cccnc23)CC1. The minimum atomic E-state index is 0.00162. The largest absolute Gasteiger partial charge is 0.488 e. The summed E-state index contributed by atoms with van der Waals surface area (Å²) < 4.78 is 12.0. The van der Waals surface area contributed by atoms with Crippen LogP contribution in [0.4, 0.5) is 0 Å². The lowest BCUT2D eigenvalue weighted by molar-refractivity contribution is 0.0597. The molecule has 1 aliphatic heterocycles. The topological polar surface area (TPSA) is 64.5 Å². The molecule has 160 valence electrons. The van der Waals surface area contributed by atoms with Crippen LogP contribution in [0.15, 0.2) is 85.2 Å². The molecule has 0 bridgehead atoms. The van der Waals surface area contributed by atoms with E-state index in [0.29, 0.717) is 30.3 Å². The molecule has 0 radical (unpaired) electrons. The molecular weight excluding hydrogens is 402 g/mol. The summed E-state index contributed by atoms with van der Waals surface area (Å²) in [5.41, 5.74) is 1.48. The molecule has 3 heterocycles. The number of carbonyl (C=O) groups is 1. The minimum absolute atomic E-state index is 0.00162. The molecular formula is C26H23N3O3. The van der Waals surface area contributed by atoms with Crippen LogP contribution < -0.4 is 9.47 Å². The Morgan fingerprint density at radius 3 is 2.53 bits per heavy atom. The second kappa shape index (κ2) is 9.06. The van der Waals surface area contributed by atoms with E-state index in [1.54, 1.807) is 24.5 Å². The molecule has 0 atom stereocenters. The number of aromatic nitrogens is 2. The number of hydrogen-bond acceptors (Lipinski definition) is 5. The monoisotopic (exact) mass is 425 g/mol. The lowest BCUT2D eigenvalue weighted by atomic mass is 10.1. The van der Waals surface area contributed by atoms with Crippen LogP contribution in [-0.4, -0.2) is 40.0 Å². The molecule has 6 nitrogen and oxygen atoms in total. The van der Waals surface area contributed by atoms with Crippen molar-refractivity contribution >= 4 is 16.8 Å². The zero-order chi connectivity index (χ0) is 21.8. The summed E-state index contributed by atoms with van der Waals surface area (Å²) in [6.07, 6.45) is 5.07. The van der Waals surface area contributed by atoms with Gasteiger partial charge in [-0.25, -0.2) is 4.98 Å². The highest BCUT2D eigenvalue weighted by atomic mass is 16.5. The number of benzene rings is 2. The van der Waals surface area contributed by atoms with Crippen molar-refractivity contribution in [1.82, 2.24) is 14.9 Å². The molecule has 1 saturated heterocycles. The van der Waals surface area contributed by atoms with Gasteiger partial charge in [-0.05, 0) is 36.4 Å². The number of carbonyl (C=O) groups excluding carboxylic acids is 1. The zero-order valence-electron chi connectivity index (χ0n) is 17.6. The van der Waals surface area contributed by atoms with Crippen molar-refractivity contribution in [2.75, 3.05) is 13.1 Å². The van der Waals surface area contributed by atoms with Gasteiger partial charge in [-0.1, -0.05) is 30.3 Å². The summed E-state index contributed by atoms with van der Waals surface area (Å²) in [6.45, 7) is 1.29. The first-order valence-corrected chi connectivity index (χ1v) is 10.7. The lowest BCUT2D eigenvalue weighted by Crippen LogP contribution is -2.41. The molecule has 2 aromatic carbocycles. The molecule has 1 aliphatic rings. The first-order valence-electron chi connectivity index (χ1n) is 10.7. The van der Waals surface area contributed by atoms with E-state index in [-0.39, 0.29) is 12.0 Å². The number of piperidine rings is 1. The number of pyridine rings is 2. The number of fused-ring (bicyclic) bond motifs is 1. The summed E-state index contributed by atoms with van der Waals surface area (Å²) in [4.78, 5) is 23.6. The summed E-state index contributed by atoms with van der Waals surface area (Å²) in [6, 6.07) is 22.6. The maximum Gasteiger partial charge on any atom is 0.253 e. The number of hydrogen-bond donors (Lipinski definition) is 0. The van der Waals surface area contributed by atoms with Gasteiger partial charge in [0.1, 0.15) is 23.1 Å². The van der Waals surface area contributed by atoms with E-state index in [9.17, 15) is 4.79 Å². The average Bonchev–Trinajstić information content (AvgIpc) is 2.85. The summed E-state index contributed by atoms with van der Waals surface area (Å²) in [7, 11) is 0. The van der Waals surface area contributed by atoms with Crippen LogP contribution in [0.1, 0.15) is 23.2 Å². The molecule has 0 N–H and O–H groups in total. The zero-order valence-corrected chi connectivity index (χ0v) is 17.6. The highest BCUT2D eigenvalue weighted by Gasteiger charge is 2.25. The third-order valence-corrected chi connectivity index (χ3v) is 5.56. The highest BCUT2D eigenvalue weighted by molar-refractivity contribution is 5.94. The Morgan fingerprint density at radius 1 is 0.875 bits per heavy atom. The Hall–Kier alpha value is -3.93. The van der Waals surface area contributed by atoms with E-state index in [4.69, 9.17) is 9.47 Å². The number of para-hydroxylation sites is 1. The molecule has 0 unspecified atom stereocenters. The van der Waals surface area contributed by atoms with E-state index in [2.05, 4.69) is 9.97 Å². The van der Waals surface area contributed by atoms with Gasteiger partial charge in [0.15, 0.2) is 0 Å². The van der Waals surface area contributed by atoms with Crippen LogP contribution in [0.5, 0.6) is 17.4 Å². The average molecular weight is 425 g/mol. The number of likely N-dealkylation sites (tertiary alicyclic amines) is 1. The fraction of sp³-hybridized carbons (Fsp3) is 0.192. The molecule has 0 aliphatic carbocycles. The lowest BCUT2D eigenvalue weighted by Gasteiger charge is -2.32. The van der Waals surface area contributed by atoms with Gasteiger partial charge in [0.25, 0.3) is 5.91 Å².